The number of pyridine rings is 1. The molecule has 0 atom stereocenters. The number of benzene rings is 2. The predicted molar refractivity (Wildman–Crippen MR) is 106 cm³/mol. The molecule has 0 saturated heterocycles. The van der Waals surface area contributed by atoms with Crippen molar-refractivity contribution in [3.05, 3.63) is 82.7 Å². The van der Waals surface area contributed by atoms with E-state index < -0.39 is 23.4 Å². The van der Waals surface area contributed by atoms with Crippen LogP contribution in [0.4, 0.5) is 14.5 Å². The molecule has 0 bridgehead atoms. The number of hydrogen-bond acceptors (Lipinski definition) is 4. The maximum atomic E-state index is 14.5. The van der Waals surface area contributed by atoms with Gasteiger partial charge in [-0.2, -0.15) is 5.10 Å². The van der Waals surface area contributed by atoms with E-state index in [4.69, 9.17) is 0 Å². The Hall–Kier alpha value is -3.94. The lowest BCUT2D eigenvalue weighted by atomic mass is 10.1. The van der Waals surface area contributed by atoms with Crippen molar-refractivity contribution in [3.63, 3.8) is 0 Å². The Labute approximate surface area is 169 Å². The number of hydrogen-bond donors (Lipinski definition) is 0. The lowest BCUT2D eigenvalue weighted by molar-refractivity contribution is 0.0925. The largest absolute Gasteiger partial charge is 0.268 e. The van der Waals surface area contributed by atoms with Gasteiger partial charge in [-0.25, -0.2) is 23.3 Å². The maximum Gasteiger partial charge on any atom is 0.267 e. The molecule has 2 aromatic heterocycles. The first kappa shape index (κ1) is 18.1. The zero-order chi connectivity index (χ0) is 21.2. The summed E-state index contributed by atoms with van der Waals surface area (Å²) in [5.74, 6) is -2.32. The Morgan fingerprint density at radius 1 is 0.933 bits per heavy atom. The van der Waals surface area contributed by atoms with Crippen LogP contribution in [0, 0.1) is 25.5 Å². The lowest BCUT2D eigenvalue weighted by Crippen LogP contribution is -2.30. The van der Waals surface area contributed by atoms with Crippen LogP contribution in [0.2, 0.25) is 0 Å². The van der Waals surface area contributed by atoms with E-state index in [1.807, 2.05) is 0 Å². The van der Waals surface area contributed by atoms with E-state index >= 15 is 0 Å². The lowest BCUT2D eigenvalue weighted by Gasteiger charge is -2.15. The van der Waals surface area contributed by atoms with Gasteiger partial charge in [0, 0.05) is 6.20 Å². The minimum Gasteiger partial charge on any atom is -0.268 e. The van der Waals surface area contributed by atoms with Crippen LogP contribution in [-0.2, 0) is 0 Å². The van der Waals surface area contributed by atoms with Crippen LogP contribution in [0.1, 0.15) is 32.0 Å². The van der Waals surface area contributed by atoms with Crippen molar-refractivity contribution in [3.8, 4) is 5.69 Å². The molecule has 1 aliphatic rings. The number of carbonyl (C=O) groups excluding carboxylic acids is 2. The Balaban J connectivity index is 1.71. The third-order valence-electron chi connectivity index (χ3n) is 5.14. The van der Waals surface area contributed by atoms with Crippen molar-refractivity contribution in [2.75, 3.05) is 4.90 Å². The highest BCUT2D eigenvalue weighted by Gasteiger charge is 2.41. The van der Waals surface area contributed by atoms with Crippen LogP contribution in [0.15, 0.2) is 48.7 Å². The second kappa shape index (κ2) is 6.28. The fraction of sp³-hybridized carbons (Fsp3) is 0.0909. The SMILES string of the molecule is Cc1ccc(N2C(=O)c3cnc4c(c(C)nn4-c4ccc(F)cc4)c3C2=O)c(F)c1. The normalized spacial score (nSPS) is 13.4. The fourth-order valence-electron chi connectivity index (χ4n) is 3.74. The molecule has 0 N–H and O–H groups in total. The molecule has 8 heteroatoms. The minimum atomic E-state index is -0.660. The number of imide groups is 1. The number of fused-ring (bicyclic) bond motifs is 3. The van der Waals surface area contributed by atoms with Gasteiger partial charge in [0.1, 0.15) is 11.6 Å². The van der Waals surface area contributed by atoms with Gasteiger partial charge in [0.15, 0.2) is 5.65 Å². The number of aromatic nitrogens is 3. The molecule has 2 aromatic carbocycles. The monoisotopic (exact) mass is 404 g/mol. The average molecular weight is 404 g/mol. The molecule has 2 amide bonds. The number of rotatable bonds is 2. The van der Waals surface area contributed by atoms with Gasteiger partial charge in [-0.1, -0.05) is 6.07 Å². The molecule has 3 heterocycles. The summed E-state index contributed by atoms with van der Waals surface area (Å²) in [6.45, 7) is 3.41. The predicted octanol–water partition coefficient (Wildman–Crippen LogP) is 4.12. The molecule has 0 spiro atoms. The maximum absolute atomic E-state index is 14.5. The molecule has 148 valence electrons. The van der Waals surface area contributed by atoms with Crippen LogP contribution >= 0.6 is 0 Å². The highest BCUT2D eigenvalue weighted by molar-refractivity contribution is 6.37. The van der Waals surface area contributed by atoms with E-state index in [-0.39, 0.29) is 16.8 Å². The van der Waals surface area contributed by atoms with Crippen molar-refractivity contribution in [1.29, 1.82) is 0 Å². The quantitative estimate of drug-likeness (QED) is 0.472. The van der Waals surface area contributed by atoms with Gasteiger partial charge in [-0.05, 0) is 55.8 Å². The van der Waals surface area contributed by atoms with Gasteiger partial charge in [0.05, 0.1) is 33.6 Å². The third-order valence-corrected chi connectivity index (χ3v) is 5.14. The number of amides is 2. The van der Waals surface area contributed by atoms with E-state index in [1.54, 1.807) is 19.9 Å². The van der Waals surface area contributed by atoms with Gasteiger partial charge in [-0.3, -0.25) is 9.59 Å². The number of aryl methyl sites for hydroxylation is 2. The third kappa shape index (κ3) is 2.46. The summed E-state index contributed by atoms with van der Waals surface area (Å²) in [6, 6.07) is 9.97. The molecular weight excluding hydrogens is 390 g/mol. The molecule has 0 fully saturated rings. The number of nitrogens with zero attached hydrogens (tertiary/aromatic N) is 4. The van der Waals surface area contributed by atoms with Gasteiger partial charge in [-0.15, -0.1) is 0 Å². The molecule has 0 saturated carbocycles. The standard InChI is InChI=1S/C22H14F2N4O2/c1-11-3-8-17(16(24)9-11)27-21(29)15-10-25-20-18(19(15)22(27)30)12(2)26-28(20)14-6-4-13(23)5-7-14/h3-10H,1-2H3. The van der Waals surface area contributed by atoms with E-state index in [9.17, 15) is 18.4 Å². The summed E-state index contributed by atoms with van der Waals surface area (Å²) in [6.07, 6.45) is 1.30. The molecular formula is C22H14F2N4O2. The Bertz CT molecular complexity index is 1380. The fourth-order valence-corrected chi connectivity index (χ4v) is 3.74. The van der Waals surface area contributed by atoms with E-state index in [0.717, 1.165) is 4.90 Å². The van der Waals surface area contributed by atoms with Crippen LogP contribution in [0.25, 0.3) is 16.7 Å². The molecule has 0 radical (unpaired) electrons. The number of anilines is 1. The van der Waals surface area contributed by atoms with Crippen LogP contribution in [0.5, 0.6) is 0 Å². The Morgan fingerprint density at radius 3 is 2.37 bits per heavy atom. The van der Waals surface area contributed by atoms with Gasteiger partial charge in [0.2, 0.25) is 0 Å². The molecule has 5 rings (SSSR count). The van der Waals surface area contributed by atoms with Crippen molar-refractivity contribution in [2.45, 2.75) is 13.8 Å². The van der Waals surface area contributed by atoms with Gasteiger partial charge in [0.25, 0.3) is 11.8 Å². The van der Waals surface area contributed by atoms with E-state index in [2.05, 4.69) is 10.1 Å². The number of carbonyl (C=O) groups is 2. The molecule has 0 unspecified atom stereocenters. The Morgan fingerprint density at radius 2 is 1.67 bits per heavy atom. The van der Waals surface area contributed by atoms with Crippen LogP contribution in [0.3, 0.4) is 0 Å². The highest BCUT2D eigenvalue weighted by atomic mass is 19.1. The molecule has 30 heavy (non-hydrogen) atoms. The van der Waals surface area contributed by atoms with Gasteiger partial charge < -0.3 is 0 Å². The summed E-state index contributed by atoms with van der Waals surface area (Å²) in [5.41, 5.74) is 2.18. The second-order valence-electron chi connectivity index (χ2n) is 7.12. The van der Waals surface area contributed by atoms with Crippen molar-refractivity contribution in [1.82, 2.24) is 14.8 Å². The zero-order valence-corrected chi connectivity index (χ0v) is 16.0. The van der Waals surface area contributed by atoms with Gasteiger partial charge >= 0.3 is 0 Å². The van der Waals surface area contributed by atoms with Crippen molar-refractivity contribution >= 4 is 28.5 Å². The first-order valence-electron chi connectivity index (χ1n) is 9.16. The topological polar surface area (TPSA) is 68.1 Å². The molecule has 0 aliphatic carbocycles. The van der Waals surface area contributed by atoms with Crippen molar-refractivity contribution in [2.24, 2.45) is 0 Å². The zero-order valence-electron chi connectivity index (χ0n) is 16.0. The average Bonchev–Trinajstić information content (AvgIpc) is 3.18. The number of halogens is 2. The molecule has 1 aliphatic heterocycles. The second-order valence-corrected chi connectivity index (χ2v) is 7.12. The minimum absolute atomic E-state index is 0.0919. The van der Waals surface area contributed by atoms with Crippen molar-refractivity contribution < 1.29 is 18.4 Å². The summed E-state index contributed by atoms with van der Waals surface area (Å²) < 4.78 is 29.3. The Kier molecular flexibility index (Phi) is 3.79. The molecule has 6 nitrogen and oxygen atoms in total. The van der Waals surface area contributed by atoms with E-state index in [1.165, 1.54) is 47.3 Å². The van der Waals surface area contributed by atoms with E-state index in [0.29, 0.717) is 28.0 Å². The van der Waals surface area contributed by atoms with Crippen LogP contribution < -0.4 is 4.90 Å². The first-order chi connectivity index (χ1) is 14.4. The smallest absolute Gasteiger partial charge is 0.267 e. The highest BCUT2D eigenvalue weighted by Crippen LogP contribution is 2.35. The summed E-state index contributed by atoms with van der Waals surface area (Å²) in [4.78, 5) is 31.3. The summed E-state index contributed by atoms with van der Waals surface area (Å²) >= 11 is 0. The van der Waals surface area contributed by atoms with Crippen LogP contribution in [-0.4, -0.2) is 26.6 Å². The first-order valence-corrected chi connectivity index (χ1v) is 9.16. The summed E-state index contributed by atoms with van der Waals surface area (Å²) in [5, 5.41) is 4.84. The molecule has 4 aromatic rings. The summed E-state index contributed by atoms with van der Waals surface area (Å²) in [7, 11) is 0.